The van der Waals surface area contributed by atoms with E-state index < -0.39 is 5.79 Å². The van der Waals surface area contributed by atoms with E-state index in [1.54, 1.807) is 6.92 Å². The van der Waals surface area contributed by atoms with Crippen molar-refractivity contribution in [3.05, 3.63) is 35.9 Å². The Morgan fingerprint density at radius 1 is 1.36 bits per heavy atom. The lowest BCUT2D eigenvalue weighted by Crippen LogP contribution is -2.32. The van der Waals surface area contributed by atoms with E-state index in [-0.39, 0.29) is 5.92 Å². The predicted molar refractivity (Wildman–Crippen MR) is 54.0 cm³/mol. The number of aliphatic hydroxyl groups is 1. The molecule has 0 aromatic heterocycles. The minimum absolute atomic E-state index is 0.163. The van der Waals surface area contributed by atoms with Gasteiger partial charge in [0.2, 0.25) is 5.79 Å². The molecule has 1 aromatic rings. The summed E-state index contributed by atoms with van der Waals surface area (Å²) in [5.41, 5.74) is 1.83. The lowest BCUT2D eigenvalue weighted by atomic mass is 9.88. The van der Waals surface area contributed by atoms with Crippen LogP contribution in [0.3, 0.4) is 0 Å². The molecule has 0 saturated carbocycles. The van der Waals surface area contributed by atoms with Crippen molar-refractivity contribution in [3.8, 4) is 0 Å². The number of hydrogen-bond acceptors (Lipinski definition) is 3. The van der Waals surface area contributed by atoms with E-state index >= 15 is 0 Å². The summed E-state index contributed by atoms with van der Waals surface area (Å²) in [4.78, 5) is 4.96. The summed E-state index contributed by atoms with van der Waals surface area (Å²) < 4.78 is 0. The van der Waals surface area contributed by atoms with Crippen LogP contribution in [0.4, 0.5) is 0 Å². The van der Waals surface area contributed by atoms with E-state index in [1.807, 2.05) is 37.3 Å². The average Bonchev–Trinajstić information content (AvgIpc) is 2.42. The molecule has 0 unspecified atom stereocenters. The molecular weight excluding hydrogens is 178 g/mol. The number of oxime groups is 1. The van der Waals surface area contributed by atoms with Crippen LogP contribution in [0, 0.1) is 0 Å². The summed E-state index contributed by atoms with van der Waals surface area (Å²) >= 11 is 0. The third kappa shape index (κ3) is 1.40. The van der Waals surface area contributed by atoms with E-state index in [4.69, 9.17) is 4.84 Å². The monoisotopic (exact) mass is 191 g/mol. The molecule has 1 aromatic carbocycles. The molecule has 0 spiro atoms. The molecule has 0 saturated heterocycles. The third-order valence-corrected chi connectivity index (χ3v) is 2.46. The number of rotatable bonds is 1. The lowest BCUT2D eigenvalue weighted by molar-refractivity contribution is -0.179. The van der Waals surface area contributed by atoms with Crippen molar-refractivity contribution in [2.45, 2.75) is 25.6 Å². The summed E-state index contributed by atoms with van der Waals surface area (Å²) in [7, 11) is 0. The Kier molecular flexibility index (Phi) is 2.04. The highest BCUT2D eigenvalue weighted by Gasteiger charge is 2.42. The van der Waals surface area contributed by atoms with Crippen LogP contribution < -0.4 is 0 Å². The summed E-state index contributed by atoms with van der Waals surface area (Å²) in [5, 5.41) is 13.8. The summed E-state index contributed by atoms with van der Waals surface area (Å²) in [6.45, 7) is 3.49. The smallest absolute Gasteiger partial charge is 0.243 e. The van der Waals surface area contributed by atoms with Crippen LogP contribution in [-0.4, -0.2) is 16.6 Å². The minimum atomic E-state index is -1.22. The Bertz CT molecular complexity index is 357. The Morgan fingerprint density at radius 3 is 2.50 bits per heavy atom. The lowest BCUT2D eigenvalue weighted by Gasteiger charge is -2.23. The van der Waals surface area contributed by atoms with Crippen LogP contribution in [0.5, 0.6) is 0 Å². The standard InChI is InChI=1S/C11H13NO2/c1-8-10(11(2,13)14-12-8)9-6-4-3-5-7-9/h3-7,10,13H,1-2H3/t10-,11-/m0/s1. The maximum absolute atomic E-state index is 9.94. The average molecular weight is 191 g/mol. The third-order valence-electron chi connectivity index (χ3n) is 2.46. The van der Waals surface area contributed by atoms with Gasteiger partial charge in [0.25, 0.3) is 0 Å². The quantitative estimate of drug-likeness (QED) is 0.736. The molecule has 0 radical (unpaired) electrons. The van der Waals surface area contributed by atoms with Crippen LogP contribution in [0.25, 0.3) is 0 Å². The highest BCUT2D eigenvalue weighted by molar-refractivity contribution is 5.90. The van der Waals surface area contributed by atoms with E-state index in [1.165, 1.54) is 0 Å². The molecule has 1 N–H and O–H groups in total. The first-order valence-electron chi connectivity index (χ1n) is 4.61. The molecule has 0 bridgehead atoms. The van der Waals surface area contributed by atoms with Gasteiger partial charge in [-0.3, -0.25) is 0 Å². The van der Waals surface area contributed by atoms with Gasteiger partial charge in [-0.1, -0.05) is 35.5 Å². The van der Waals surface area contributed by atoms with E-state index in [2.05, 4.69) is 5.16 Å². The second kappa shape index (κ2) is 3.10. The van der Waals surface area contributed by atoms with Crippen molar-refractivity contribution < 1.29 is 9.94 Å². The molecule has 3 nitrogen and oxygen atoms in total. The van der Waals surface area contributed by atoms with E-state index in [9.17, 15) is 5.11 Å². The fourth-order valence-electron chi connectivity index (χ4n) is 1.85. The van der Waals surface area contributed by atoms with Crippen molar-refractivity contribution in [1.82, 2.24) is 0 Å². The first-order chi connectivity index (χ1) is 6.61. The summed E-state index contributed by atoms with van der Waals surface area (Å²) in [5.74, 6) is -1.38. The van der Waals surface area contributed by atoms with Gasteiger partial charge in [0.05, 0.1) is 11.6 Å². The summed E-state index contributed by atoms with van der Waals surface area (Å²) in [6.07, 6.45) is 0. The predicted octanol–water partition coefficient (Wildman–Crippen LogP) is 1.88. The van der Waals surface area contributed by atoms with Gasteiger partial charge in [-0.15, -0.1) is 0 Å². The SMILES string of the molecule is CC1=NO[C@](C)(O)[C@@H]1c1ccccc1. The number of benzene rings is 1. The molecule has 14 heavy (non-hydrogen) atoms. The molecular formula is C11H13NO2. The topological polar surface area (TPSA) is 41.8 Å². The molecule has 2 rings (SSSR count). The van der Waals surface area contributed by atoms with Gasteiger partial charge >= 0.3 is 0 Å². The van der Waals surface area contributed by atoms with Crippen molar-refractivity contribution in [2.75, 3.05) is 0 Å². The van der Waals surface area contributed by atoms with Crippen LogP contribution in [-0.2, 0) is 4.84 Å². The Labute approximate surface area is 83.0 Å². The molecule has 2 atom stereocenters. The zero-order valence-electron chi connectivity index (χ0n) is 8.27. The number of hydrogen-bond donors (Lipinski definition) is 1. The van der Waals surface area contributed by atoms with Gasteiger partial charge in [-0.25, -0.2) is 0 Å². The fourth-order valence-corrected chi connectivity index (χ4v) is 1.85. The molecule has 1 aliphatic heterocycles. The maximum Gasteiger partial charge on any atom is 0.243 e. The Balaban J connectivity index is 2.39. The molecule has 1 heterocycles. The maximum atomic E-state index is 9.94. The van der Waals surface area contributed by atoms with Crippen LogP contribution in [0.1, 0.15) is 25.3 Å². The number of nitrogens with zero attached hydrogens (tertiary/aromatic N) is 1. The first kappa shape index (κ1) is 9.21. The van der Waals surface area contributed by atoms with Crippen LogP contribution >= 0.6 is 0 Å². The van der Waals surface area contributed by atoms with Crippen molar-refractivity contribution in [3.63, 3.8) is 0 Å². The van der Waals surface area contributed by atoms with Gasteiger partial charge in [-0.2, -0.15) is 0 Å². The van der Waals surface area contributed by atoms with Crippen molar-refractivity contribution >= 4 is 5.71 Å². The van der Waals surface area contributed by atoms with Crippen molar-refractivity contribution in [2.24, 2.45) is 5.16 Å². The van der Waals surface area contributed by atoms with E-state index in [0.29, 0.717) is 0 Å². The zero-order valence-corrected chi connectivity index (χ0v) is 8.27. The second-order valence-corrected chi connectivity index (χ2v) is 3.72. The normalized spacial score (nSPS) is 31.1. The largest absolute Gasteiger partial charge is 0.360 e. The Hall–Kier alpha value is -1.35. The highest BCUT2D eigenvalue weighted by Crippen LogP contribution is 2.35. The van der Waals surface area contributed by atoms with E-state index in [0.717, 1.165) is 11.3 Å². The second-order valence-electron chi connectivity index (χ2n) is 3.72. The molecule has 74 valence electrons. The van der Waals surface area contributed by atoms with Gasteiger partial charge in [-0.05, 0) is 12.5 Å². The molecule has 0 aliphatic carbocycles. The van der Waals surface area contributed by atoms with Crippen LogP contribution in [0.2, 0.25) is 0 Å². The summed E-state index contributed by atoms with van der Waals surface area (Å²) in [6, 6.07) is 9.76. The van der Waals surface area contributed by atoms with Gasteiger partial charge in [0, 0.05) is 6.92 Å². The zero-order chi connectivity index (χ0) is 10.2. The molecule has 0 amide bonds. The minimum Gasteiger partial charge on any atom is -0.360 e. The van der Waals surface area contributed by atoms with Gasteiger partial charge in [0.1, 0.15) is 0 Å². The fraction of sp³-hybridized carbons (Fsp3) is 0.364. The first-order valence-corrected chi connectivity index (χ1v) is 4.61. The van der Waals surface area contributed by atoms with Gasteiger partial charge in [0.15, 0.2) is 0 Å². The van der Waals surface area contributed by atoms with Crippen LogP contribution in [0.15, 0.2) is 35.5 Å². The Morgan fingerprint density at radius 2 is 2.00 bits per heavy atom. The highest BCUT2D eigenvalue weighted by atomic mass is 16.7. The molecule has 1 aliphatic rings. The molecule has 0 fully saturated rings. The molecule has 3 heteroatoms. The van der Waals surface area contributed by atoms with Gasteiger partial charge < -0.3 is 9.94 Å². The van der Waals surface area contributed by atoms with Crippen molar-refractivity contribution in [1.29, 1.82) is 0 Å².